The van der Waals surface area contributed by atoms with E-state index in [0.29, 0.717) is 29.9 Å². The number of rotatable bonds is 5. The van der Waals surface area contributed by atoms with Crippen LogP contribution in [0.3, 0.4) is 0 Å². The number of likely N-dealkylation sites (N-methyl/N-ethyl adjacent to an activating group) is 1. The van der Waals surface area contributed by atoms with Gasteiger partial charge in [0.25, 0.3) is 0 Å². The molecule has 9 heteroatoms. The number of piperidine rings is 1. The average Bonchev–Trinajstić information content (AvgIpc) is 3.00. The van der Waals surface area contributed by atoms with Crippen LogP contribution in [0, 0.1) is 12.8 Å². The molecule has 4 aliphatic rings. The summed E-state index contributed by atoms with van der Waals surface area (Å²) in [7, 11) is 4.34. The quantitative estimate of drug-likeness (QED) is 0.658. The number of halogens is 1. The van der Waals surface area contributed by atoms with Gasteiger partial charge in [-0.1, -0.05) is 11.6 Å². The van der Waals surface area contributed by atoms with Gasteiger partial charge in [0.1, 0.15) is 5.78 Å². The number of hydrogen-bond acceptors (Lipinski definition) is 8. The van der Waals surface area contributed by atoms with Crippen molar-refractivity contribution in [1.82, 2.24) is 14.8 Å². The van der Waals surface area contributed by atoms with Gasteiger partial charge in [0.2, 0.25) is 5.96 Å². The number of hydrogen-bond donors (Lipinski definition) is 1. The Hall–Kier alpha value is -2.68. The summed E-state index contributed by atoms with van der Waals surface area (Å²) in [6.07, 6.45) is 13.1. The maximum atomic E-state index is 12.4. The van der Waals surface area contributed by atoms with Gasteiger partial charge >= 0.3 is 0 Å². The van der Waals surface area contributed by atoms with Crippen molar-refractivity contribution in [3.05, 3.63) is 46.3 Å². The Kier molecular flexibility index (Phi) is 7.19. The molecule has 1 saturated carbocycles. The number of nitrogens with zero attached hydrogens (tertiary/aromatic N) is 6. The SMILES string of the molecule is Cc1ncc(CCN2CCCC(N(C)C)C2)cc1NC1=NC23N=CC=C(Cl)C=C2CC(=O)CC3C=N1. The summed E-state index contributed by atoms with van der Waals surface area (Å²) in [6, 6.07) is 2.77. The number of carbonyl (C=O) groups is 1. The third-order valence-electron chi connectivity index (χ3n) is 7.61. The number of guanidine groups is 1. The maximum absolute atomic E-state index is 12.4. The predicted octanol–water partition coefficient (Wildman–Crippen LogP) is 3.62. The van der Waals surface area contributed by atoms with E-state index in [2.05, 4.69) is 45.3 Å². The number of carbonyl (C=O) groups excluding carboxylic acids is 1. The Labute approximate surface area is 217 Å². The first-order valence-corrected chi connectivity index (χ1v) is 13.1. The van der Waals surface area contributed by atoms with Crippen LogP contribution >= 0.6 is 11.6 Å². The monoisotopic (exact) mass is 507 g/mol. The minimum Gasteiger partial charge on any atom is -0.323 e. The van der Waals surface area contributed by atoms with Gasteiger partial charge in [0, 0.05) is 55.6 Å². The smallest absolute Gasteiger partial charge is 0.224 e. The van der Waals surface area contributed by atoms with Gasteiger partial charge in [-0.3, -0.25) is 14.8 Å². The number of aryl methyl sites for hydroxylation is 1. The summed E-state index contributed by atoms with van der Waals surface area (Å²) in [5, 5.41) is 3.93. The van der Waals surface area contributed by atoms with E-state index in [9.17, 15) is 4.79 Å². The molecule has 4 heterocycles. The molecule has 8 nitrogen and oxygen atoms in total. The van der Waals surface area contributed by atoms with Crippen molar-refractivity contribution in [3.8, 4) is 0 Å². The average molecular weight is 508 g/mol. The molecule has 1 spiro atoms. The molecule has 0 radical (unpaired) electrons. The van der Waals surface area contributed by atoms with Crippen LogP contribution < -0.4 is 5.32 Å². The lowest BCUT2D eigenvalue weighted by molar-refractivity contribution is -0.120. The minimum absolute atomic E-state index is 0.153. The second-order valence-corrected chi connectivity index (χ2v) is 10.8. The molecule has 0 amide bonds. The number of allylic oxidation sites excluding steroid dienone is 3. The van der Waals surface area contributed by atoms with Crippen LogP contribution in [0.15, 0.2) is 50.0 Å². The number of anilines is 1. The van der Waals surface area contributed by atoms with Crippen LogP contribution in [0.1, 0.15) is 36.9 Å². The summed E-state index contributed by atoms with van der Waals surface area (Å²) in [5.74, 6) is 0.400. The minimum atomic E-state index is -0.888. The zero-order valence-corrected chi connectivity index (χ0v) is 22.0. The molecule has 3 aliphatic heterocycles. The predicted molar refractivity (Wildman–Crippen MR) is 146 cm³/mol. The zero-order chi connectivity index (χ0) is 25.3. The normalized spacial score (nSPS) is 28.1. The molecule has 1 aliphatic carbocycles. The lowest BCUT2D eigenvalue weighted by atomic mass is 9.75. The van der Waals surface area contributed by atoms with Crippen LogP contribution in [-0.2, 0) is 11.2 Å². The van der Waals surface area contributed by atoms with E-state index >= 15 is 0 Å². The van der Waals surface area contributed by atoms with Gasteiger partial charge in [0.05, 0.1) is 17.3 Å². The van der Waals surface area contributed by atoms with Gasteiger partial charge in [-0.15, -0.1) is 0 Å². The molecule has 1 N–H and O–H groups in total. The highest BCUT2D eigenvalue weighted by Crippen LogP contribution is 2.43. The van der Waals surface area contributed by atoms with Crippen molar-refractivity contribution >= 4 is 41.5 Å². The first-order chi connectivity index (χ1) is 17.3. The molecule has 1 aromatic heterocycles. The molecular formula is C27H34ClN7O. The Bertz CT molecular complexity index is 1180. The number of likely N-dealkylation sites (tertiary alicyclic amines) is 1. The van der Waals surface area contributed by atoms with Crippen LogP contribution in [-0.4, -0.2) is 84.4 Å². The van der Waals surface area contributed by atoms with Crippen LogP contribution in [0.5, 0.6) is 0 Å². The highest BCUT2D eigenvalue weighted by Gasteiger charge is 2.48. The van der Waals surface area contributed by atoms with Gasteiger partial charge in [-0.2, -0.15) is 0 Å². The standard InChI is InChI=1S/C27H34ClN7O/c1-18-25(11-19(15-29-18)7-10-35-9-4-5-23(17-35)34(2)3)32-26-30-16-21-14-24(36)13-20-12-22(28)6-8-31-27(20,21)33-26/h6,8,11-12,15-16,21,23H,4-5,7,9-10,13-14,17H2,1-3H3,(H,32,33). The fourth-order valence-corrected chi connectivity index (χ4v) is 5.66. The van der Waals surface area contributed by atoms with E-state index in [0.717, 1.165) is 43.0 Å². The van der Waals surface area contributed by atoms with Crippen molar-refractivity contribution in [2.75, 3.05) is 39.0 Å². The zero-order valence-electron chi connectivity index (χ0n) is 21.2. The molecule has 3 atom stereocenters. The van der Waals surface area contributed by atoms with E-state index < -0.39 is 5.66 Å². The van der Waals surface area contributed by atoms with Gasteiger partial charge in [0.15, 0.2) is 5.66 Å². The number of aliphatic imine (C=N–C) groups is 3. The number of pyridine rings is 1. The third-order valence-corrected chi connectivity index (χ3v) is 7.85. The summed E-state index contributed by atoms with van der Waals surface area (Å²) in [6.45, 7) is 5.26. The lowest BCUT2D eigenvalue weighted by Gasteiger charge is -2.39. The highest BCUT2D eigenvalue weighted by molar-refractivity contribution is 6.32. The Morgan fingerprint density at radius 2 is 2.19 bits per heavy atom. The number of Topliss-reactive ketones (excluding diaryl/α,β-unsaturated/α-hetero) is 1. The molecule has 0 bridgehead atoms. The Morgan fingerprint density at radius 3 is 3.03 bits per heavy atom. The van der Waals surface area contributed by atoms with Crippen LogP contribution in [0.4, 0.5) is 5.69 Å². The molecule has 2 fully saturated rings. The number of nitrogens with one attached hydrogen (secondary N) is 1. The van der Waals surface area contributed by atoms with Gasteiger partial charge in [-0.25, -0.2) is 9.98 Å². The first kappa shape index (κ1) is 25.0. The van der Waals surface area contributed by atoms with Crippen molar-refractivity contribution in [2.24, 2.45) is 20.9 Å². The summed E-state index contributed by atoms with van der Waals surface area (Å²) in [4.78, 5) is 36.2. The van der Waals surface area contributed by atoms with Crippen molar-refractivity contribution in [3.63, 3.8) is 0 Å². The second kappa shape index (κ2) is 10.4. The van der Waals surface area contributed by atoms with E-state index in [1.807, 2.05) is 19.2 Å². The van der Waals surface area contributed by atoms with Crippen molar-refractivity contribution in [2.45, 2.75) is 50.7 Å². The topological polar surface area (TPSA) is 85.5 Å². The Morgan fingerprint density at radius 1 is 1.33 bits per heavy atom. The molecule has 1 saturated heterocycles. The molecule has 1 aromatic rings. The molecule has 3 unspecified atom stereocenters. The van der Waals surface area contributed by atoms with E-state index in [1.54, 1.807) is 18.5 Å². The maximum Gasteiger partial charge on any atom is 0.224 e. The Balaban J connectivity index is 1.33. The van der Waals surface area contributed by atoms with Crippen molar-refractivity contribution in [1.29, 1.82) is 0 Å². The fraction of sp³-hybridized carbons (Fsp3) is 0.519. The lowest BCUT2D eigenvalue weighted by Crippen LogP contribution is -2.46. The van der Waals surface area contributed by atoms with Crippen LogP contribution in [0.25, 0.3) is 0 Å². The molecule has 5 rings (SSSR count). The molecule has 190 valence electrons. The summed E-state index contributed by atoms with van der Waals surface area (Å²) in [5.41, 5.74) is 2.87. The van der Waals surface area contributed by atoms with Gasteiger partial charge < -0.3 is 15.1 Å². The first-order valence-electron chi connectivity index (χ1n) is 12.7. The molecule has 0 aromatic carbocycles. The van der Waals surface area contributed by atoms with E-state index in [-0.39, 0.29) is 11.7 Å². The van der Waals surface area contributed by atoms with Crippen molar-refractivity contribution < 1.29 is 4.79 Å². The third kappa shape index (κ3) is 5.21. The second-order valence-electron chi connectivity index (χ2n) is 10.4. The summed E-state index contributed by atoms with van der Waals surface area (Å²) < 4.78 is 0. The largest absolute Gasteiger partial charge is 0.323 e. The van der Waals surface area contributed by atoms with Gasteiger partial charge in [-0.05, 0) is 76.2 Å². The van der Waals surface area contributed by atoms with E-state index in [4.69, 9.17) is 21.6 Å². The number of ketones is 1. The molecule has 36 heavy (non-hydrogen) atoms. The summed E-state index contributed by atoms with van der Waals surface area (Å²) >= 11 is 6.30. The van der Waals surface area contributed by atoms with Crippen LogP contribution in [0.2, 0.25) is 0 Å². The molecular weight excluding hydrogens is 474 g/mol. The number of aromatic nitrogens is 1. The van der Waals surface area contributed by atoms with E-state index in [1.165, 1.54) is 18.4 Å². The fourth-order valence-electron chi connectivity index (χ4n) is 5.47. The highest BCUT2D eigenvalue weighted by atomic mass is 35.5.